The Morgan fingerprint density at radius 1 is 1.33 bits per heavy atom. The summed E-state index contributed by atoms with van der Waals surface area (Å²) in [6.45, 7) is 0. The quantitative estimate of drug-likeness (QED) is 0.655. The molecule has 0 radical (unpaired) electrons. The Morgan fingerprint density at radius 3 is 2.62 bits per heavy atom. The molecule has 24 heavy (non-hydrogen) atoms. The van der Waals surface area contributed by atoms with Gasteiger partial charge in [0, 0.05) is 7.05 Å². The SMILES string of the molecule is CN(C#N)C(=O)[C@H](CC1CCCCC1)NC(=O)c1ccccc1Cl. The highest BCUT2D eigenvalue weighted by molar-refractivity contribution is 6.33. The van der Waals surface area contributed by atoms with Crippen LogP contribution in [0, 0.1) is 17.4 Å². The third-order valence-corrected chi connectivity index (χ3v) is 4.83. The fourth-order valence-electron chi connectivity index (χ4n) is 3.14. The maximum Gasteiger partial charge on any atom is 0.257 e. The maximum absolute atomic E-state index is 12.5. The second-order valence-electron chi connectivity index (χ2n) is 6.24. The summed E-state index contributed by atoms with van der Waals surface area (Å²) in [6, 6.07) is 6.01. The predicted molar refractivity (Wildman–Crippen MR) is 92.3 cm³/mol. The Hall–Kier alpha value is -2.06. The predicted octanol–water partition coefficient (Wildman–Crippen LogP) is 3.35. The normalized spacial score (nSPS) is 16.0. The van der Waals surface area contributed by atoms with E-state index in [-0.39, 0.29) is 11.8 Å². The van der Waals surface area contributed by atoms with Crippen LogP contribution in [0.15, 0.2) is 24.3 Å². The fourth-order valence-corrected chi connectivity index (χ4v) is 3.36. The van der Waals surface area contributed by atoms with E-state index in [4.69, 9.17) is 16.9 Å². The number of nitriles is 1. The average molecular weight is 348 g/mol. The van der Waals surface area contributed by atoms with E-state index in [9.17, 15) is 9.59 Å². The summed E-state index contributed by atoms with van der Waals surface area (Å²) in [6.07, 6.45) is 8.01. The number of likely N-dealkylation sites (N-methyl/N-ethyl adjacent to an activating group) is 1. The zero-order chi connectivity index (χ0) is 17.5. The summed E-state index contributed by atoms with van der Waals surface area (Å²) in [5, 5.41) is 12.1. The lowest BCUT2D eigenvalue weighted by Gasteiger charge is -2.27. The van der Waals surface area contributed by atoms with E-state index in [1.165, 1.54) is 13.5 Å². The number of carbonyl (C=O) groups is 2. The monoisotopic (exact) mass is 347 g/mol. The highest BCUT2D eigenvalue weighted by atomic mass is 35.5. The molecule has 0 saturated heterocycles. The van der Waals surface area contributed by atoms with Crippen molar-refractivity contribution >= 4 is 23.4 Å². The highest BCUT2D eigenvalue weighted by Gasteiger charge is 2.28. The second kappa shape index (κ2) is 8.70. The van der Waals surface area contributed by atoms with Crippen LogP contribution in [0.1, 0.15) is 48.9 Å². The van der Waals surface area contributed by atoms with Crippen LogP contribution >= 0.6 is 11.6 Å². The molecular formula is C18H22ClN3O2. The molecule has 1 fully saturated rings. The largest absolute Gasteiger partial charge is 0.340 e. The summed E-state index contributed by atoms with van der Waals surface area (Å²) in [5.74, 6) is -0.379. The molecule has 1 aromatic rings. The van der Waals surface area contributed by atoms with Crippen LogP contribution in [0.25, 0.3) is 0 Å². The molecule has 0 aliphatic heterocycles. The molecule has 6 heteroatoms. The Balaban J connectivity index is 2.12. The molecule has 0 heterocycles. The Labute approximate surface area is 147 Å². The van der Waals surface area contributed by atoms with Crippen molar-refractivity contribution in [2.75, 3.05) is 7.05 Å². The van der Waals surface area contributed by atoms with E-state index in [0.29, 0.717) is 22.9 Å². The van der Waals surface area contributed by atoms with Crippen molar-refractivity contribution in [1.82, 2.24) is 10.2 Å². The lowest BCUT2D eigenvalue weighted by molar-refractivity contribution is -0.129. The van der Waals surface area contributed by atoms with Gasteiger partial charge in [0.15, 0.2) is 6.19 Å². The second-order valence-corrected chi connectivity index (χ2v) is 6.65. The number of nitrogens with zero attached hydrogens (tertiary/aromatic N) is 2. The van der Waals surface area contributed by atoms with Gasteiger partial charge in [-0.2, -0.15) is 5.26 Å². The van der Waals surface area contributed by atoms with Gasteiger partial charge in [-0.25, -0.2) is 0 Å². The smallest absolute Gasteiger partial charge is 0.257 e. The van der Waals surface area contributed by atoms with Gasteiger partial charge in [0.1, 0.15) is 6.04 Å². The fraction of sp³-hybridized carbons (Fsp3) is 0.500. The summed E-state index contributed by atoms with van der Waals surface area (Å²) in [4.78, 5) is 25.9. The molecule has 1 saturated carbocycles. The molecule has 1 aliphatic carbocycles. The molecule has 1 N–H and O–H groups in total. The molecule has 0 spiro atoms. The summed E-state index contributed by atoms with van der Waals surface area (Å²) in [5.41, 5.74) is 0.334. The summed E-state index contributed by atoms with van der Waals surface area (Å²) >= 11 is 6.06. The molecule has 5 nitrogen and oxygen atoms in total. The van der Waals surface area contributed by atoms with Crippen molar-refractivity contribution in [1.29, 1.82) is 5.26 Å². The first-order valence-corrected chi connectivity index (χ1v) is 8.63. The average Bonchev–Trinajstić information content (AvgIpc) is 2.61. The number of benzene rings is 1. The number of rotatable bonds is 5. The van der Waals surface area contributed by atoms with E-state index in [2.05, 4.69) is 5.32 Å². The molecule has 128 valence electrons. The van der Waals surface area contributed by atoms with Gasteiger partial charge >= 0.3 is 0 Å². The van der Waals surface area contributed by atoms with E-state index in [1.807, 2.05) is 6.19 Å². The van der Waals surface area contributed by atoms with Crippen LogP contribution in [-0.2, 0) is 4.79 Å². The van der Waals surface area contributed by atoms with Gasteiger partial charge in [-0.1, -0.05) is 55.8 Å². The molecule has 0 aromatic heterocycles. The number of amides is 2. The van der Waals surface area contributed by atoms with Gasteiger partial charge < -0.3 is 5.32 Å². The Kier molecular flexibility index (Phi) is 6.62. The minimum Gasteiger partial charge on any atom is -0.340 e. The van der Waals surface area contributed by atoms with Crippen molar-refractivity contribution in [2.24, 2.45) is 5.92 Å². The van der Waals surface area contributed by atoms with Gasteiger partial charge in [0.2, 0.25) is 0 Å². The third kappa shape index (κ3) is 4.72. The lowest BCUT2D eigenvalue weighted by Crippen LogP contribution is -2.47. The Bertz CT molecular complexity index is 635. The first-order valence-electron chi connectivity index (χ1n) is 8.25. The minimum absolute atomic E-state index is 0.334. The van der Waals surface area contributed by atoms with Crippen LogP contribution < -0.4 is 5.32 Å². The summed E-state index contributed by atoms with van der Waals surface area (Å²) < 4.78 is 0. The van der Waals surface area contributed by atoms with E-state index >= 15 is 0 Å². The van der Waals surface area contributed by atoms with E-state index < -0.39 is 6.04 Å². The van der Waals surface area contributed by atoms with Crippen molar-refractivity contribution in [3.63, 3.8) is 0 Å². The molecule has 2 amide bonds. The van der Waals surface area contributed by atoms with Crippen LogP contribution in [0.2, 0.25) is 5.02 Å². The number of nitrogens with one attached hydrogen (secondary N) is 1. The van der Waals surface area contributed by atoms with Gasteiger partial charge in [-0.15, -0.1) is 0 Å². The standard InChI is InChI=1S/C18H22ClN3O2/c1-22(12-20)18(24)16(11-13-7-3-2-4-8-13)21-17(23)14-9-5-6-10-15(14)19/h5-6,9-10,13,16H,2-4,7-8,11H2,1H3,(H,21,23)/t16-/m0/s1. The van der Waals surface area contributed by atoms with Gasteiger partial charge in [0.05, 0.1) is 10.6 Å². The van der Waals surface area contributed by atoms with Crippen LogP contribution in [0.4, 0.5) is 0 Å². The zero-order valence-corrected chi connectivity index (χ0v) is 14.6. The number of hydrogen-bond donors (Lipinski definition) is 1. The number of carbonyl (C=O) groups excluding carboxylic acids is 2. The van der Waals surface area contributed by atoms with Crippen LogP contribution in [0.3, 0.4) is 0 Å². The van der Waals surface area contributed by atoms with Crippen molar-refractivity contribution in [3.8, 4) is 6.19 Å². The van der Waals surface area contributed by atoms with Crippen molar-refractivity contribution in [3.05, 3.63) is 34.9 Å². The molecule has 1 aromatic carbocycles. The zero-order valence-electron chi connectivity index (χ0n) is 13.8. The first kappa shape index (κ1) is 18.3. The van der Waals surface area contributed by atoms with Gasteiger partial charge in [-0.05, 0) is 24.5 Å². The highest BCUT2D eigenvalue weighted by Crippen LogP contribution is 2.28. The molecule has 1 aliphatic rings. The summed E-state index contributed by atoms with van der Waals surface area (Å²) in [7, 11) is 1.41. The van der Waals surface area contributed by atoms with E-state index in [0.717, 1.165) is 30.6 Å². The van der Waals surface area contributed by atoms with Crippen LogP contribution in [-0.4, -0.2) is 29.8 Å². The topological polar surface area (TPSA) is 73.2 Å². The molecule has 1 atom stereocenters. The first-order chi connectivity index (χ1) is 11.5. The third-order valence-electron chi connectivity index (χ3n) is 4.50. The number of halogens is 1. The number of hydrogen-bond acceptors (Lipinski definition) is 3. The molecule has 0 unspecified atom stereocenters. The van der Waals surface area contributed by atoms with Gasteiger partial charge in [0.25, 0.3) is 11.8 Å². The molecule has 2 rings (SSSR count). The maximum atomic E-state index is 12.5. The van der Waals surface area contributed by atoms with Crippen LogP contribution in [0.5, 0.6) is 0 Å². The van der Waals surface area contributed by atoms with Crippen molar-refractivity contribution in [2.45, 2.75) is 44.6 Å². The minimum atomic E-state index is -0.707. The van der Waals surface area contributed by atoms with E-state index in [1.54, 1.807) is 24.3 Å². The van der Waals surface area contributed by atoms with Crippen molar-refractivity contribution < 1.29 is 9.59 Å². The Morgan fingerprint density at radius 2 is 2.00 bits per heavy atom. The lowest BCUT2D eigenvalue weighted by atomic mass is 9.84. The molecular weight excluding hydrogens is 326 g/mol. The van der Waals surface area contributed by atoms with Gasteiger partial charge in [-0.3, -0.25) is 14.5 Å². The molecule has 0 bridgehead atoms.